The maximum atomic E-state index is 11.1. The Labute approximate surface area is 124 Å². The van der Waals surface area contributed by atoms with Crippen LogP contribution in [0.15, 0.2) is 35.8 Å². The van der Waals surface area contributed by atoms with Gasteiger partial charge in [-0.15, -0.1) is 0 Å². The predicted molar refractivity (Wildman–Crippen MR) is 79.0 cm³/mol. The van der Waals surface area contributed by atoms with E-state index in [0.717, 1.165) is 3.57 Å². The monoisotopic (exact) mass is 387 g/mol. The Morgan fingerprint density at radius 3 is 2.79 bits per heavy atom. The Bertz CT molecular complexity index is 750. The van der Waals surface area contributed by atoms with Gasteiger partial charge in [0.25, 0.3) is 4.96 Å². The summed E-state index contributed by atoms with van der Waals surface area (Å²) in [5.41, 5.74) is 0. The molecule has 0 unspecified atom stereocenters. The topological polar surface area (TPSA) is 69.7 Å². The van der Waals surface area contributed by atoms with Crippen molar-refractivity contribution in [2.24, 2.45) is 0 Å². The van der Waals surface area contributed by atoms with E-state index in [0.29, 0.717) is 10.7 Å². The lowest BCUT2D eigenvalue weighted by atomic mass is 10.3. The van der Waals surface area contributed by atoms with Crippen LogP contribution in [-0.4, -0.2) is 14.3 Å². The highest BCUT2D eigenvalue weighted by Crippen LogP contribution is 2.33. The summed E-state index contributed by atoms with van der Waals surface area (Å²) in [5.74, 6) is 0.377. The first kappa shape index (κ1) is 12.4. The number of hydrogen-bond acceptors (Lipinski definition) is 5. The predicted octanol–water partition coefficient (Wildman–Crippen LogP) is 3.70. The molecule has 2 aromatic heterocycles. The number of ether oxygens (including phenoxy) is 1. The maximum absolute atomic E-state index is 11.1. The second-order valence-corrected chi connectivity index (χ2v) is 5.73. The Morgan fingerprint density at radius 1 is 1.37 bits per heavy atom. The number of benzene rings is 1. The van der Waals surface area contributed by atoms with E-state index in [1.807, 2.05) is 12.1 Å². The fraction of sp³-hybridized carbons (Fsp3) is 0. The van der Waals surface area contributed by atoms with Gasteiger partial charge in [0.05, 0.1) is 0 Å². The van der Waals surface area contributed by atoms with Crippen LogP contribution in [0.25, 0.3) is 4.96 Å². The van der Waals surface area contributed by atoms with E-state index in [4.69, 9.17) is 4.74 Å². The van der Waals surface area contributed by atoms with Crippen LogP contribution in [0.2, 0.25) is 0 Å². The molecule has 0 bridgehead atoms. The minimum atomic E-state index is -0.491. The van der Waals surface area contributed by atoms with E-state index in [1.54, 1.807) is 23.7 Å². The summed E-state index contributed by atoms with van der Waals surface area (Å²) in [5, 5.41) is 12.8. The molecular formula is C11H6IN3O3S. The molecule has 2 heterocycles. The zero-order chi connectivity index (χ0) is 13.4. The van der Waals surface area contributed by atoms with Gasteiger partial charge in [0, 0.05) is 8.95 Å². The molecule has 0 spiro atoms. The molecule has 0 aliphatic carbocycles. The van der Waals surface area contributed by atoms with Gasteiger partial charge >= 0.3 is 11.7 Å². The number of hydrogen-bond donors (Lipinski definition) is 0. The molecule has 19 heavy (non-hydrogen) atoms. The van der Waals surface area contributed by atoms with Gasteiger partial charge in [-0.05, 0) is 51.8 Å². The molecule has 96 valence electrons. The van der Waals surface area contributed by atoms with E-state index in [9.17, 15) is 10.1 Å². The van der Waals surface area contributed by atoms with Crippen LogP contribution in [0, 0.1) is 13.7 Å². The number of thiazole rings is 1. The number of imidazole rings is 1. The van der Waals surface area contributed by atoms with Crippen LogP contribution in [0.5, 0.6) is 11.6 Å². The van der Waals surface area contributed by atoms with Crippen molar-refractivity contribution in [3.8, 4) is 11.6 Å². The molecule has 1 aromatic carbocycles. The largest absolute Gasteiger partial charge is 0.433 e. The Hall–Kier alpha value is -1.68. The Kier molecular flexibility index (Phi) is 3.11. The average Bonchev–Trinajstić information content (AvgIpc) is 2.91. The fourth-order valence-electron chi connectivity index (χ4n) is 1.60. The first-order valence-electron chi connectivity index (χ1n) is 5.18. The molecule has 0 saturated carbocycles. The maximum Gasteiger partial charge on any atom is 0.393 e. The van der Waals surface area contributed by atoms with E-state index < -0.39 is 4.92 Å². The van der Waals surface area contributed by atoms with Crippen LogP contribution < -0.4 is 4.74 Å². The molecule has 3 rings (SSSR count). The van der Waals surface area contributed by atoms with Crippen molar-refractivity contribution in [2.75, 3.05) is 0 Å². The third-order valence-electron chi connectivity index (χ3n) is 2.41. The molecule has 8 heteroatoms. The van der Waals surface area contributed by atoms with Gasteiger partial charge in [-0.3, -0.25) is 0 Å². The zero-order valence-electron chi connectivity index (χ0n) is 9.32. The SMILES string of the molecule is O=[N+]([O-])c1c(Oc2ccc(I)cc2)nc2sccn12. The van der Waals surface area contributed by atoms with Gasteiger partial charge in [-0.1, -0.05) is 11.3 Å². The first-order valence-corrected chi connectivity index (χ1v) is 7.14. The van der Waals surface area contributed by atoms with Crippen molar-refractivity contribution < 1.29 is 9.66 Å². The minimum absolute atomic E-state index is 0.0121. The fourth-order valence-corrected chi connectivity index (χ4v) is 2.66. The quantitative estimate of drug-likeness (QED) is 0.391. The van der Waals surface area contributed by atoms with Crippen LogP contribution >= 0.6 is 33.9 Å². The molecule has 0 N–H and O–H groups in total. The third-order valence-corrected chi connectivity index (χ3v) is 3.88. The summed E-state index contributed by atoms with van der Waals surface area (Å²) < 4.78 is 7.97. The molecule has 0 amide bonds. The van der Waals surface area contributed by atoms with Gasteiger partial charge in [-0.25, -0.2) is 0 Å². The smallest absolute Gasteiger partial charge is 0.393 e. The van der Waals surface area contributed by atoms with Crippen molar-refractivity contribution in [1.82, 2.24) is 9.38 Å². The highest BCUT2D eigenvalue weighted by molar-refractivity contribution is 14.1. The molecule has 0 aliphatic rings. The van der Waals surface area contributed by atoms with Crippen molar-refractivity contribution in [1.29, 1.82) is 0 Å². The molecule has 0 fully saturated rings. The number of nitro groups is 1. The average molecular weight is 387 g/mol. The zero-order valence-corrected chi connectivity index (χ0v) is 12.3. The number of rotatable bonds is 3. The second kappa shape index (κ2) is 4.78. The van der Waals surface area contributed by atoms with Crippen molar-refractivity contribution in [2.45, 2.75) is 0 Å². The lowest BCUT2D eigenvalue weighted by Gasteiger charge is -2.02. The van der Waals surface area contributed by atoms with Crippen molar-refractivity contribution in [3.05, 3.63) is 49.5 Å². The third kappa shape index (κ3) is 2.28. The molecular weight excluding hydrogens is 381 g/mol. The molecule has 0 saturated heterocycles. The number of fused-ring (bicyclic) bond motifs is 1. The van der Waals surface area contributed by atoms with Crippen LogP contribution in [0.4, 0.5) is 5.82 Å². The van der Waals surface area contributed by atoms with Crippen LogP contribution in [0.3, 0.4) is 0 Å². The van der Waals surface area contributed by atoms with Gasteiger partial charge in [0.15, 0.2) is 0 Å². The highest BCUT2D eigenvalue weighted by Gasteiger charge is 2.25. The van der Waals surface area contributed by atoms with E-state index in [2.05, 4.69) is 27.6 Å². The Balaban J connectivity index is 2.04. The van der Waals surface area contributed by atoms with Crippen LogP contribution in [0.1, 0.15) is 0 Å². The summed E-state index contributed by atoms with van der Waals surface area (Å²) in [6.45, 7) is 0. The second-order valence-electron chi connectivity index (χ2n) is 3.61. The molecule has 0 atom stereocenters. The molecule has 3 aromatic rings. The van der Waals surface area contributed by atoms with Gasteiger partial charge < -0.3 is 14.9 Å². The van der Waals surface area contributed by atoms with E-state index >= 15 is 0 Å². The molecule has 6 nitrogen and oxygen atoms in total. The summed E-state index contributed by atoms with van der Waals surface area (Å²) in [4.78, 5) is 15.3. The standard InChI is InChI=1S/C11H6IN3O3S/c12-7-1-3-8(4-2-7)18-9-10(15(16)17)14-5-6-19-11(14)13-9/h1-6H. The molecule has 0 radical (unpaired) electrons. The number of halogens is 1. The van der Waals surface area contributed by atoms with Gasteiger partial charge in [0.2, 0.25) is 0 Å². The van der Waals surface area contributed by atoms with Crippen molar-refractivity contribution >= 4 is 44.7 Å². The summed E-state index contributed by atoms with van der Waals surface area (Å²) in [6.07, 6.45) is 1.60. The number of aromatic nitrogens is 2. The highest BCUT2D eigenvalue weighted by atomic mass is 127. The van der Waals surface area contributed by atoms with Crippen LogP contribution in [-0.2, 0) is 0 Å². The van der Waals surface area contributed by atoms with Gasteiger partial charge in [-0.2, -0.15) is 9.38 Å². The summed E-state index contributed by atoms with van der Waals surface area (Å²) in [6, 6.07) is 7.22. The summed E-state index contributed by atoms with van der Waals surface area (Å²) in [7, 11) is 0. The van der Waals surface area contributed by atoms with Gasteiger partial charge in [0.1, 0.15) is 11.9 Å². The molecule has 0 aliphatic heterocycles. The Morgan fingerprint density at radius 2 is 2.11 bits per heavy atom. The lowest BCUT2D eigenvalue weighted by molar-refractivity contribution is -0.391. The van der Waals surface area contributed by atoms with E-state index in [1.165, 1.54) is 15.7 Å². The summed E-state index contributed by atoms with van der Waals surface area (Å²) >= 11 is 3.49. The van der Waals surface area contributed by atoms with E-state index in [-0.39, 0.29) is 11.7 Å². The van der Waals surface area contributed by atoms with Crippen molar-refractivity contribution in [3.63, 3.8) is 0 Å². The minimum Gasteiger partial charge on any atom is -0.433 e. The normalized spacial score (nSPS) is 10.8. The first-order chi connectivity index (χ1) is 9.15. The number of nitrogens with zero attached hydrogens (tertiary/aromatic N) is 3. The lowest BCUT2D eigenvalue weighted by Crippen LogP contribution is -1.95.